The Labute approximate surface area is 129 Å². The van der Waals surface area contributed by atoms with Gasteiger partial charge in [-0.1, -0.05) is 45.4 Å². The molecule has 21 heavy (non-hydrogen) atoms. The van der Waals surface area contributed by atoms with E-state index in [1.807, 2.05) is 0 Å². The molecule has 1 atom stereocenters. The number of nitrogens with one attached hydrogen (secondary N) is 1. The van der Waals surface area contributed by atoms with E-state index in [0.29, 0.717) is 12.1 Å². The molecule has 3 nitrogen and oxygen atoms in total. The highest BCUT2D eigenvalue weighted by atomic mass is 15.3. The zero-order chi connectivity index (χ0) is 14.5. The van der Waals surface area contributed by atoms with Crippen LogP contribution in [0.4, 0.5) is 0 Å². The maximum Gasteiger partial charge on any atom is 0.0640 e. The maximum absolute atomic E-state index is 4.88. The fraction of sp³-hybridized carbons (Fsp3) is 0.833. The number of aromatic nitrogens is 2. The van der Waals surface area contributed by atoms with Crippen molar-refractivity contribution in [2.45, 2.75) is 83.2 Å². The van der Waals surface area contributed by atoms with Crippen LogP contribution in [0.15, 0.2) is 12.3 Å². The first-order valence-electron chi connectivity index (χ1n) is 9.12. The summed E-state index contributed by atoms with van der Waals surface area (Å²) in [6.45, 7) is 3.29. The number of hydrogen-bond donors (Lipinski definition) is 1. The lowest BCUT2D eigenvalue weighted by molar-refractivity contribution is 0.259. The van der Waals surface area contributed by atoms with Crippen molar-refractivity contribution in [1.82, 2.24) is 15.1 Å². The van der Waals surface area contributed by atoms with Crippen molar-refractivity contribution in [1.29, 1.82) is 0 Å². The Morgan fingerprint density at radius 2 is 2.00 bits per heavy atom. The van der Waals surface area contributed by atoms with Gasteiger partial charge in [-0.2, -0.15) is 5.10 Å². The van der Waals surface area contributed by atoms with Crippen molar-refractivity contribution < 1.29 is 0 Å². The molecule has 0 radical (unpaired) electrons. The Kier molecular flexibility index (Phi) is 5.34. The molecule has 0 saturated heterocycles. The SMILES string of the molecule is CCNC(Cc1ccn(C2CCCCC2)n1)CC1CCC1. The summed E-state index contributed by atoms with van der Waals surface area (Å²) in [6, 6.07) is 3.53. The van der Waals surface area contributed by atoms with E-state index >= 15 is 0 Å². The Hall–Kier alpha value is -0.830. The van der Waals surface area contributed by atoms with Gasteiger partial charge in [0, 0.05) is 18.7 Å². The fourth-order valence-electron chi connectivity index (χ4n) is 3.95. The molecule has 1 heterocycles. The molecule has 2 aliphatic carbocycles. The molecule has 0 amide bonds. The maximum atomic E-state index is 4.88. The van der Waals surface area contributed by atoms with Gasteiger partial charge < -0.3 is 5.32 Å². The second-order valence-corrected chi connectivity index (χ2v) is 7.07. The highest BCUT2D eigenvalue weighted by Crippen LogP contribution is 2.31. The predicted octanol–water partition coefficient (Wildman–Crippen LogP) is 4.10. The van der Waals surface area contributed by atoms with E-state index in [1.165, 1.54) is 63.5 Å². The van der Waals surface area contributed by atoms with Crippen molar-refractivity contribution in [2.75, 3.05) is 6.54 Å². The average Bonchev–Trinajstić information content (AvgIpc) is 2.92. The quantitative estimate of drug-likeness (QED) is 0.819. The molecule has 2 fully saturated rings. The number of likely N-dealkylation sites (N-methyl/N-ethyl adjacent to an activating group) is 1. The van der Waals surface area contributed by atoms with Crippen molar-refractivity contribution in [3.05, 3.63) is 18.0 Å². The molecule has 118 valence electrons. The zero-order valence-electron chi connectivity index (χ0n) is 13.6. The monoisotopic (exact) mass is 289 g/mol. The molecule has 1 N–H and O–H groups in total. The van der Waals surface area contributed by atoms with Crippen LogP contribution in [0.3, 0.4) is 0 Å². The summed E-state index contributed by atoms with van der Waals surface area (Å²) in [5.74, 6) is 0.967. The molecule has 2 aliphatic rings. The molecule has 3 heteroatoms. The standard InChI is InChI=1S/C18H31N3/c1-2-19-17(13-15-7-6-8-15)14-16-11-12-21(20-16)18-9-4-3-5-10-18/h11-12,15,17-19H,2-10,13-14H2,1H3. The van der Waals surface area contributed by atoms with Crippen LogP contribution in [0.5, 0.6) is 0 Å². The summed E-state index contributed by atoms with van der Waals surface area (Å²) >= 11 is 0. The van der Waals surface area contributed by atoms with Gasteiger partial charge in [0.15, 0.2) is 0 Å². The lowest BCUT2D eigenvalue weighted by Crippen LogP contribution is -2.34. The Balaban J connectivity index is 1.55. The van der Waals surface area contributed by atoms with Gasteiger partial charge in [0.1, 0.15) is 0 Å². The summed E-state index contributed by atoms with van der Waals surface area (Å²) in [5.41, 5.74) is 1.28. The van der Waals surface area contributed by atoms with Crippen LogP contribution in [0.25, 0.3) is 0 Å². The highest BCUT2D eigenvalue weighted by molar-refractivity contribution is 5.03. The normalized spacial score (nSPS) is 22.1. The van der Waals surface area contributed by atoms with Gasteiger partial charge >= 0.3 is 0 Å². The third-order valence-corrected chi connectivity index (χ3v) is 5.40. The number of nitrogens with zero attached hydrogens (tertiary/aromatic N) is 2. The van der Waals surface area contributed by atoms with Crippen LogP contribution in [0.1, 0.15) is 76.4 Å². The topological polar surface area (TPSA) is 29.9 Å². The van der Waals surface area contributed by atoms with Crippen molar-refractivity contribution in [3.8, 4) is 0 Å². The third kappa shape index (κ3) is 4.09. The first-order chi connectivity index (χ1) is 10.3. The smallest absolute Gasteiger partial charge is 0.0640 e. The van der Waals surface area contributed by atoms with Crippen molar-refractivity contribution in [3.63, 3.8) is 0 Å². The van der Waals surface area contributed by atoms with E-state index < -0.39 is 0 Å². The molecule has 1 aromatic heterocycles. The molecular formula is C18H31N3. The third-order valence-electron chi connectivity index (χ3n) is 5.40. The average molecular weight is 289 g/mol. The minimum Gasteiger partial charge on any atom is -0.314 e. The molecule has 1 aromatic rings. The Bertz CT molecular complexity index is 416. The van der Waals surface area contributed by atoms with Crippen LogP contribution in [0, 0.1) is 5.92 Å². The van der Waals surface area contributed by atoms with Gasteiger partial charge in [-0.15, -0.1) is 0 Å². The summed E-state index contributed by atoms with van der Waals surface area (Å²) in [4.78, 5) is 0. The summed E-state index contributed by atoms with van der Waals surface area (Å²) < 4.78 is 2.25. The summed E-state index contributed by atoms with van der Waals surface area (Å²) in [6.07, 6.45) is 15.8. The Morgan fingerprint density at radius 3 is 2.67 bits per heavy atom. The van der Waals surface area contributed by atoms with Crippen LogP contribution in [0.2, 0.25) is 0 Å². The number of hydrogen-bond acceptors (Lipinski definition) is 2. The van der Waals surface area contributed by atoms with Crippen molar-refractivity contribution in [2.24, 2.45) is 5.92 Å². The molecule has 3 rings (SSSR count). The van der Waals surface area contributed by atoms with E-state index in [-0.39, 0.29) is 0 Å². The molecule has 1 unspecified atom stereocenters. The van der Waals surface area contributed by atoms with E-state index in [2.05, 4.69) is 29.2 Å². The molecule has 0 spiro atoms. The van der Waals surface area contributed by atoms with Crippen LogP contribution in [-0.4, -0.2) is 22.4 Å². The molecule has 0 aromatic carbocycles. The molecule has 2 saturated carbocycles. The van der Waals surface area contributed by atoms with E-state index in [9.17, 15) is 0 Å². The Morgan fingerprint density at radius 1 is 1.19 bits per heavy atom. The first kappa shape index (κ1) is 15.1. The van der Waals surface area contributed by atoms with Gasteiger partial charge in [0.05, 0.1) is 11.7 Å². The lowest BCUT2D eigenvalue weighted by atomic mass is 9.80. The van der Waals surface area contributed by atoms with E-state index in [1.54, 1.807) is 0 Å². The first-order valence-corrected chi connectivity index (χ1v) is 9.12. The molecule has 0 aliphatic heterocycles. The van der Waals surface area contributed by atoms with Gasteiger partial charge in [0.25, 0.3) is 0 Å². The second kappa shape index (κ2) is 7.44. The summed E-state index contributed by atoms with van der Waals surface area (Å²) in [5, 5.41) is 8.55. The van der Waals surface area contributed by atoms with Crippen molar-refractivity contribution >= 4 is 0 Å². The number of rotatable bonds is 7. The van der Waals surface area contributed by atoms with Crippen LogP contribution < -0.4 is 5.32 Å². The summed E-state index contributed by atoms with van der Waals surface area (Å²) in [7, 11) is 0. The lowest BCUT2D eigenvalue weighted by Gasteiger charge is -2.29. The molecular weight excluding hydrogens is 258 g/mol. The van der Waals surface area contributed by atoms with E-state index in [4.69, 9.17) is 5.10 Å². The molecule has 0 bridgehead atoms. The second-order valence-electron chi connectivity index (χ2n) is 7.07. The van der Waals surface area contributed by atoms with Gasteiger partial charge in [-0.3, -0.25) is 4.68 Å². The predicted molar refractivity (Wildman–Crippen MR) is 87.5 cm³/mol. The van der Waals surface area contributed by atoms with Crippen LogP contribution in [-0.2, 0) is 6.42 Å². The van der Waals surface area contributed by atoms with Crippen LogP contribution >= 0.6 is 0 Å². The largest absolute Gasteiger partial charge is 0.314 e. The zero-order valence-corrected chi connectivity index (χ0v) is 13.6. The fourth-order valence-corrected chi connectivity index (χ4v) is 3.95. The van der Waals surface area contributed by atoms with E-state index in [0.717, 1.165) is 18.9 Å². The highest BCUT2D eigenvalue weighted by Gasteiger charge is 2.23. The van der Waals surface area contributed by atoms with Gasteiger partial charge in [-0.05, 0) is 37.8 Å². The minimum atomic E-state index is 0.620. The van der Waals surface area contributed by atoms with Gasteiger partial charge in [0.2, 0.25) is 0 Å². The van der Waals surface area contributed by atoms with Gasteiger partial charge in [-0.25, -0.2) is 0 Å². The minimum absolute atomic E-state index is 0.620.